The van der Waals surface area contributed by atoms with Crippen LogP contribution in [-0.4, -0.2) is 13.0 Å². The maximum absolute atomic E-state index is 11.5. The zero-order valence-corrected chi connectivity index (χ0v) is 12.1. The molecule has 1 aromatic heterocycles. The van der Waals surface area contributed by atoms with Gasteiger partial charge in [0.2, 0.25) is 0 Å². The van der Waals surface area contributed by atoms with E-state index in [1.165, 1.54) is 0 Å². The summed E-state index contributed by atoms with van der Waals surface area (Å²) in [6, 6.07) is 9.49. The number of rotatable bonds is 5. The summed E-state index contributed by atoms with van der Waals surface area (Å²) < 4.78 is 10.7. The van der Waals surface area contributed by atoms with E-state index in [1.54, 1.807) is 31.9 Å². The van der Waals surface area contributed by atoms with Gasteiger partial charge in [0, 0.05) is 4.90 Å². The van der Waals surface area contributed by atoms with Crippen molar-refractivity contribution < 1.29 is 13.9 Å². The zero-order chi connectivity index (χ0) is 14.5. The molecule has 0 atom stereocenters. The Morgan fingerprint density at radius 3 is 2.95 bits per heavy atom. The van der Waals surface area contributed by atoms with Gasteiger partial charge in [-0.2, -0.15) is 0 Å². The minimum absolute atomic E-state index is 0.344. The van der Waals surface area contributed by atoms with Gasteiger partial charge in [-0.1, -0.05) is 6.07 Å². The third-order valence-corrected chi connectivity index (χ3v) is 3.78. The molecule has 20 heavy (non-hydrogen) atoms. The maximum atomic E-state index is 11.5. The van der Waals surface area contributed by atoms with E-state index in [9.17, 15) is 4.79 Å². The molecule has 0 bridgehead atoms. The number of thioether (sulfide) groups is 1. The number of benzene rings is 1. The van der Waals surface area contributed by atoms with Gasteiger partial charge in [0.1, 0.15) is 17.3 Å². The average molecular weight is 292 g/mol. The SMILES string of the molecule is COc1cccc(SCc2cc(C(=O)NN)c(C)o2)c1. The molecular weight excluding hydrogens is 276 g/mol. The molecule has 0 fully saturated rings. The lowest BCUT2D eigenvalue weighted by Gasteiger charge is -2.02. The van der Waals surface area contributed by atoms with Gasteiger partial charge < -0.3 is 9.15 Å². The number of methoxy groups -OCH3 is 1. The van der Waals surface area contributed by atoms with Gasteiger partial charge in [0.05, 0.1) is 18.4 Å². The lowest BCUT2D eigenvalue weighted by molar-refractivity contribution is 0.0952. The fourth-order valence-electron chi connectivity index (χ4n) is 1.76. The van der Waals surface area contributed by atoms with Crippen LogP contribution in [0.25, 0.3) is 0 Å². The number of hydrazine groups is 1. The van der Waals surface area contributed by atoms with E-state index >= 15 is 0 Å². The van der Waals surface area contributed by atoms with Crippen LogP contribution in [0.1, 0.15) is 21.9 Å². The van der Waals surface area contributed by atoms with Crippen LogP contribution in [0.4, 0.5) is 0 Å². The summed E-state index contributed by atoms with van der Waals surface area (Å²) >= 11 is 1.61. The number of furan rings is 1. The van der Waals surface area contributed by atoms with Gasteiger partial charge in [-0.05, 0) is 31.2 Å². The molecule has 1 aromatic carbocycles. The number of nitrogen functional groups attached to an aromatic ring is 1. The number of nitrogens with one attached hydrogen (secondary N) is 1. The van der Waals surface area contributed by atoms with Crippen molar-refractivity contribution >= 4 is 17.7 Å². The van der Waals surface area contributed by atoms with Crippen molar-refractivity contribution in [3.63, 3.8) is 0 Å². The first-order chi connectivity index (χ1) is 9.63. The zero-order valence-electron chi connectivity index (χ0n) is 11.3. The fourth-order valence-corrected chi connectivity index (χ4v) is 2.59. The molecule has 6 heteroatoms. The molecule has 106 valence electrons. The van der Waals surface area contributed by atoms with E-state index in [4.69, 9.17) is 15.0 Å². The third kappa shape index (κ3) is 3.34. The molecule has 0 aliphatic rings. The number of ether oxygens (including phenoxy) is 1. The van der Waals surface area contributed by atoms with Crippen molar-refractivity contribution in [1.29, 1.82) is 0 Å². The Kier molecular flexibility index (Phi) is 4.70. The first kappa shape index (κ1) is 14.5. The summed E-state index contributed by atoms with van der Waals surface area (Å²) in [6.07, 6.45) is 0. The highest BCUT2D eigenvalue weighted by Crippen LogP contribution is 2.27. The molecule has 0 saturated heterocycles. The van der Waals surface area contributed by atoms with E-state index in [0.717, 1.165) is 16.4 Å². The molecule has 1 heterocycles. The highest BCUT2D eigenvalue weighted by Gasteiger charge is 2.14. The summed E-state index contributed by atoms with van der Waals surface area (Å²) in [4.78, 5) is 12.6. The van der Waals surface area contributed by atoms with Crippen LogP contribution in [0.2, 0.25) is 0 Å². The molecule has 0 aliphatic heterocycles. The number of nitrogens with two attached hydrogens (primary N) is 1. The molecular formula is C14H16N2O3S. The highest BCUT2D eigenvalue weighted by atomic mass is 32.2. The van der Waals surface area contributed by atoms with Crippen molar-refractivity contribution in [3.8, 4) is 5.75 Å². The maximum Gasteiger partial charge on any atom is 0.268 e. The second kappa shape index (κ2) is 6.49. The van der Waals surface area contributed by atoms with Crippen LogP contribution >= 0.6 is 11.8 Å². The monoisotopic (exact) mass is 292 g/mol. The topological polar surface area (TPSA) is 77.5 Å². The molecule has 2 rings (SSSR count). The van der Waals surface area contributed by atoms with Crippen LogP contribution in [0.5, 0.6) is 5.75 Å². The summed E-state index contributed by atoms with van der Waals surface area (Å²) in [5.41, 5.74) is 2.57. The lowest BCUT2D eigenvalue weighted by atomic mass is 10.2. The number of hydrogen-bond acceptors (Lipinski definition) is 5. The molecule has 0 radical (unpaired) electrons. The van der Waals surface area contributed by atoms with Gasteiger partial charge in [-0.15, -0.1) is 11.8 Å². The van der Waals surface area contributed by atoms with E-state index in [0.29, 0.717) is 17.1 Å². The predicted molar refractivity (Wildman–Crippen MR) is 77.7 cm³/mol. The van der Waals surface area contributed by atoms with E-state index in [-0.39, 0.29) is 5.91 Å². The second-order valence-corrected chi connectivity index (χ2v) is 5.17. The Bertz CT molecular complexity index is 610. The lowest BCUT2D eigenvalue weighted by Crippen LogP contribution is -2.30. The Balaban J connectivity index is 2.05. The van der Waals surface area contributed by atoms with Gasteiger partial charge >= 0.3 is 0 Å². The van der Waals surface area contributed by atoms with Crippen molar-refractivity contribution in [2.45, 2.75) is 17.6 Å². The van der Waals surface area contributed by atoms with Crippen LogP contribution < -0.4 is 16.0 Å². The minimum Gasteiger partial charge on any atom is -0.497 e. The molecule has 1 amide bonds. The first-order valence-electron chi connectivity index (χ1n) is 6.01. The van der Waals surface area contributed by atoms with E-state index in [1.807, 2.05) is 24.3 Å². The third-order valence-electron chi connectivity index (χ3n) is 2.77. The quantitative estimate of drug-likeness (QED) is 0.383. The fraction of sp³-hybridized carbons (Fsp3) is 0.214. The summed E-state index contributed by atoms with van der Waals surface area (Å²) in [6.45, 7) is 1.74. The Labute approximate surface area is 121 Å². The number of amides is 1. The Morgan fingerprint density at radius 2 is 2.25 bits per heavy atom. The minimum atomic E-state index is -0.344. The molecule has 0 saturated carbocycles. The van der Waals surface area contributed by atoms with Crippen molar-refractivity contribution in [2.24, 2.45) is 5.84 Å². The van der Waals surface area contributed by atoms with Gasteiger partial charge in [-0.3, -0.25) is 10.2 Å². The van der Waals surface area contributed by atoms with E-state index in [2.05, 4.69) is 5.43 Å². The molecule has 0 aliphatic carbocycles. The summed E-state index contributed by atoms with van der Waals surface area (Å²) in [5.74, 6) is 7.51. The predicted octanol–water partition coefficient (Wildman–Crippen LogP) is 2.49. The number of hydrogen-bond donors (Lipinski definition) is 2. The Hall–Kier alpha value is -1.92. The normalized spacial score (nSPS) is 10.3. The second-order valence-electron chi connectivity index (χ2n) is 4.12. The number of carbonyl (C=O) groups excluding carboxylic acids is 1. The van der Waals surface area contributed by atoms with Crippen molar-refractivity contribution in [3.05, 3.63) is 47.4 Å². The van der Waals surface area contributed by atoms with Crippen molar-refractivity contribution in [2.75, 3.05) is 7.11 Å². The molecule has 2 aromatic rings. The molecule has 0 spiro atoms. The smallest absolute Gasteiger partial charge is 0.268 e. The van der Waals surface area contributed by atoms with Gasteiger partial charge in [0.15, 0.2) is 0 Å². The number of aryl methyl sites for hydroxylation is 1. The average Bonchev–Trinajstić information content (AvgIpc) is 2.85. The molecule has 5 nitrogen and oxygen atoms in total. The first-order valence-corrected chi connectivity index (χ1v) is 6.99. The molecule has 0 unspecified atom stereocenters. The highest BCUT2D eigenvalue weighted by molar-refractivity contribution is 7.98. The Morgan fingerprint density at radius 1 is 1.45 bits per heavy atom. The van der Waals surface area contributed by atoms with Crippen molar-refractivity contribution in [1.82, 2.24) is 5.43 Å². The largest absolute Gasteiger partial charge is 0.497 e. The van der Waals surface area contributed by atoms with E-state index < -0.39 is 0 Å². The molecule has 3 N–H and O–H groups in total. The van der Waals surface area contributed by atoms with Crippen LogP contribution in [-0.2, 0) is 5.75 Å². The van der Waals surface area contributed by atoms with Crippen LogP contribution in [0.3, 0.4) is 0 Å². The van der Waals surface area contributed by atoms with Gasteiger partial charge in [-0.25, -0.2) is 5.84 Å². The van der Waals surface area contributed by atoms with Crippen LogP contribution in [0, 0.1) is 6.92 Å². The number of carbonyl (C=O) groups is 1. The summed E-state index contributed by atoms with van der Waals surface area (Å²) in [7, 11) is 1.64. The van der Waals surface area contributed by atoms with Crippen LogP contribution in [0.15, 0.2) is 39.6 Å². The standard InChI is InChI=1S/C14H16N2O3S/c1-9-13(14(17)16-15)7-11(19-9)8-20-12-5-3-4-10(6-12)18-2/h3-7H,8,15H2,1-2H3,(H,16,17). The summed E-state index contributed by atoms with van der Waals surface area (Å²) in [5, 5.41) is 0. The van der Waals surface area contributed by atoms with Gasteiger partial charge in [0.25, 0.3) is 5.91 Å².